The fraction of sp³-hybridized carbons (Fsp3) is 0.625. The first-order valence-electron chi connectivity index (χ1n) is 9.22. The number of rotatable bonds is 4. The lowest BCUT2D eigenvalue weighted by molar-refractivity contribution is -0.671. The number of halogens is 6. The van der Waals surface area contributed by atoms with Crippen LogP contribution in [0.1, 0.15) is 26.7 Å². The van der Waals surface area contributed by atoms with Gasteiger partial charge >= 0.3 is 11.0 Å². The molecule has 0 saturated heterocycles. The van der Waals surface area contributed by atoms with Crippen molar-refractivity contribution in [1.82, 2.24) is 9.13 Å². The van der Waals surface area contributed by atoms with Crippen molar-refractivity contribution in [2.45, 2.75) is 50.8 Å². The van der Waals surface area contributed by atoms with E-state index in [0.29, 0.717) is 0 Å². The molecule has 0 aliphatic rings. The second kappa shape index (κ2) is 14.3. The van der Waals surface area contributed by atoms with Crippen molar-refractivity contribution in [2.75, 3.05) is 0 Å². The van der Waals surface area contributed by atoms with Crippen LogP contribution < -0.4 is 9.13 Å². The summed E-state index contributed by atoms with van der Waals surface area (Å²) in [5.74, 6) is 0. The number of nitrogens with zero attached hydrogens (tertiary/aromatic N) is 4. The minimum Gasteiger partial charge on any atom is -0.741 e. The summed E-state index contributed by atoms with van der Waals surface area (Å²) in [5, 5.41) is 0. The first-order chi connectivity index (χ1) is 15.2. The molecule has 0 aromatic carbocycles. The minimum atomic E-state index is -6.09. The van der Waals surface area contributed by atoms with Gasteiger partial charge in [-0.2, -0.15) is 26.3 Å². The Bertz CT molecular complexity index is 962. The lowest BCUT2D eigenvalue weighted by atomic mass is 10.5. The molecule has 2 aromatic rings. The molecule has 0 radical (unpaired) electrons. The highest BCUT2D eigenvalue weighted by Gasteiger charge is 2.37. The first kappa shape index (κ1) is 34.0. The summed E-state index contributed by atoms with van der Waals surface area (Å²) in [6, 6.07) is 0. The molecule has 0 atom stereocenters. The van der Waals surface area contributed by atoms with Crippen molar-refractivity contribution < 1.29 is 61.4 Å². The van der Waals surface area contributed by atoms with Crippen molar-refractivity contribution in [3.05, 3.63) is 37.4 Å². The van der Waals surface area contributed by atoms with E-state index in [0.717, 1.165) is 13.1 Å². The fourth-order valence-corrected chi connectivity index (χ4v) is 1.78. The number of alkyl halides is 6. The van der Waals surface area contributed by atoms with E-state index in [4.69, 9.17) is 25.9 Å². The van der Waals surface area contributed by atoms with Crippen LogP contribution in [0.2, 0.25) is 0 Å². The lowest BCUT2D eigenvalue weighted by Crippen LogP contribution is -2.23. The number of aryl methyl sites for hydroxylation is 4. The van der Waals surface area contributed by atoms with E-state index in [1.807, 2.05) is 14.1 Å². The van der Waals surface area contributed by atoms with Crippen LogP contribution in [0.4, 0.5) is 26.3 Å². The van der Waals surface area contributed by atoms with Gasteiger partial charge in [-0.3, -0.25) is 0 Å². The van der Waals surface area contributed by atoms with Crippen LogP contribution in [0, 0.1) is 0 Å². The van der Waals surface area contributed by atoms with E-state index in [1.54, 1.807) is 0 Å². The van der Waals surface area contributed by atoms with Crippen LogP contribution >= 0.6 is 0 Å². The van der Waals surface area contributed by atoms with Crippen LogP contribution in [-0.4, -0.2) is 46.1 Å². The maximum absolute atomic E-state index is 10.7. The summed E-state index contributed by atoms with van der Waals surface area (Å²) < 4.78 is 126. The van der Waals surface area contributed by atoms with Crippen molar-refractivity contribution in [3.8, 4) is 0 Å². The van der Waals surface area contributed by atoms with Gasteiger partial charge in [0.2, 0.25) is 12.7 Å². The van der Waals surface area contributed by atoms with Gasteiger partial charge in [-0.15, -0.1) is 0 Å². The molecule has 0 aliphatic carbocycles. The fourth-order valence-electron chi connectivity index (χ4n) is 1.78. The van der Waals surface area contributed by atoms with Crippen LogP contribution in [0.3, 0.4) is 0 Å². The Balaban J connectivity index is 0. The van der Waals surface area contributed by atoms with E-state index in [2.05, 4.69) is 69.6 Å². The average molecular weight is 549 g/mol. The second-order valence-corrected chi connectivity index (χ2v) is 9.18. The Kier molecular flexibility index (Phi) is 14.3. The van der Waals surface area contributed by atoms with E-state index in [9.17, 15) is 26.3 Å². The molecule has 10 nitrogen and oxygen atoms in total. The number of hydrogen-bond donors (Lipinski definition) is 0. The van der Waals surface area contributed by atoms with Gasteiger partial charge in [0.05, 0.1) is 27.2 Å². The third-order valence-corrected chi connectivity index (χ3v) is 4.31. The molecular weight excluding hydrogens is 522 g/mol. The van der Waals surface area contributed by atoms with Crippen LogP contribution in [-0.2, 0) is 47.4 Å². The highest BCUT2D eigenvalue weighted by atomic mass is 32.2. The highest BCUT2D eigenvalue weighted by molar-refractivity contribution is 7.86. The van der Waals surface area contributed by atoms with Crippen LogP contribution in [0.5, 0.6) is 0 Å². The van der Waals surface area contributed by atoms with Gasteiger partial charge in [0, 0.05) is 0 Å². The number of imidazole rings is 2. The Morgan fingerprint density at radius 3 is 1.06 bits per heavy atom. The van der Waals surface area contributed by atoms with E-state index < -0.39 is 31.3 Å². The molecule has 2 heterocycles. The molecule has 34 heavy (non-hydrogen) atoms. The summed E-state index contributed by atoms with van der Waals surface area (Å²) in [4.78, 5) is 0. The van der Waals surface area contributed by atoms with Gasteiger partial charge in [0.1, 0.15) is 24.8 Å². The maximum atomic E-state index is 10.7. The third-order valence-electron chi connectivity index (χ3n) is 3.18. The van der Waals surface area contributed by atoms with E-state index >= 15 is 0 Å². The second-order valence-electron chi connectivity index (χ2n) is 6.43. The molecule has 18 heteroatoms. The third kappa shape index (κ3) is 15.6. The van der Waals surface area contributed by atoms with Gasteiger partial charge < -0.3 is 9.11 Å². The SMILES string of the molecule is CCCn1cc[n+](C)c1.CCCn1cc[n+](C)c1.O=S(=O)([O-])C(F)(F)F.O=S(=O)([O-])C(F)(F)F. The standard InChI is InChI=1S/2C7H13N2.2CHF3O3S/c2*1-3-4-9-6-5-8(2)7-9;2*2-1(3,4)8(5,6)7/h2*5-7H,3-4H2,1-2H3;2*(H,5,6,7)/q2*+1;;/p-2. The first-order valence-corrected chi connectivity index (χ1v) is 12.0. The molecule has 0 aliphatic heterocycles. The number of aromatic nitrogens is 4. The summed E-state index contributed by atoms with van der Waals surface area (Å²) in [5.41, 5.74) is -11.3. The topological polar surface area (TPSA) is 132 Å². The molecule has 0 amide bonds. The Labute approximate surface area is 193 Å². The van der Waals surface area contributed by atoms with Crippen molar-refractivity contribution in [3.63, 3.8) is 0 Å². The van der Waals surface area contributed by atoms with Gasteiger partial charge in [-0.05, 0) is 12.8 Å². The van der Waals surface area contributed by atoms with E-state index in [-0.39, 0.29) is 0 Å². The Hall–Kier alpha value is -2.18. The molecule has 2 rings (SSSR count). The van der Waals surface area contributed by atoms with Crippen molar-refractivity contribution in [1.29, 1.82) is 0 Å². The highest BCUT2D eigenvalue weighted by Crippen LogP contribution is 2.21. The molecule has 200 valence electrons. The normalized spacial score (nSPS) is 11.9. The summed E-state index contributed by atoms with van der Waals surface area (Å²) in [6.07, 6.45) is 14.9. The predicted octanol–water partition coefficient (Wildman–Crippen LogP) is 1.55. The van der Waals surface area contributed by atoms with Crippen LogP contribution in [0.25, 0.3) is 0 Å². The van der Waals surface area contributed by atoms with Crippen molar-refractivity contribution >= 4 is 20.2 Å². The number of hydrogen-bond acceptors (Lipinski definition) is 6. The molecule has 2 aromatic heterocycles. The maximum Gasteiger partial charge on any atom is 0.485 e. The minimum absolute atomic E-state index is 1.13. The molecule has 0 fully saturated rings. The Morgan fingerprint density at radius 2 is 0.941 bits per heavy atom. The lowest BCUT2D eigenvalue weighted by Gasteiger charge is -2.08. The monoisotopic (exact) mass is 548 g/mol. The van der Waals surface area contributed by atoms with Gasteiger partial charge in [0.25, 0.3) is 0 Å². The van der Waals surface area contributed by atoms with Gasteiger partial charge in [-0.1, -0.05) is 13.8 Å². The van der Waals surface area contributed by atoms with Crippen LogP contribution in [0.15, 0.2) is 37.4 Å². The molecule has 0 unspecified atom stereocenters. The zero-order valence-electron chi connectivity index (χ0n) is 18.6. The Morgan fingerprint density at radius 1 is 0.706 bits per heavy atom. The molecular formula is C16H26F6N4O6S2. The van der Waals surface area contributed by atoms with E-state index in [1.165, 1.54) is 12.8 Å². The molecule has 0 bridgehead atoms. The zero-order valence-corrected chi connectivity index (χ0v) is 20.2. The van der Waals surface area contributed by atoms with Gasteiger partial charge in [0.15, 0.2) is 20.2 Å². The summed E-state index contributed by atoms with van der Waals surface area (Å²) in [6.45, 7) is 6.61. The molecule has 0 saturated carbocycles. The molecule has 0 spiro atoms. The van der Waals surface area contributed by atoms with Gasteiger partial charge in [-0.25, -0.2) is 35.1 Å². The van der Waals surface area contributed by atoms with Crippen molar-refractivity contribution in [2.24, 2.45) is 14.1 Å². The summed E-state index contributed by atoms with van der Waals surface area (Å²) >= 11 is 0. The predicted molar refractivity (Wildman–Crippen MR) is 103 cm³/mol. The summed E-state index contributed by atoms with van der Waals surface area (Å²) in [7, 11) is -8.11. The zero-order chi connectivity index (χ0) is 27.4. The largest absolute Gasteiger partial charge is 0.741 e. The quantitative estimate of drug-likeness (QED) is 0.247. The smallest absolute Gasteiger partial charge is 0.485 e. The molecule has 0 N–H and O–H groups in total. The average Bonchev–Trinajstić information content (AvgIpc) is 3.22.